The van der Waals surface area contributed by atoms with Gasteiger partial charge in [0.25, 0.3) is 0 Å². The van der Waals surface area contributed by atoms with E-state index in [-0.39, 0.29) is 29.3 Å². The van der Waals surface area contributed by atoms with E-state index in [1.54, 1.807) is 81.6 Å². The number of rotatable bonds is 13. The minimum atomic E-state index is -1.00. The quantitative estimate of drug-likeness (QED) is 0.120. The molecule has 1 aromatic heterocycles. The molecule has 3 aromatic rings. The van der Waals surface area contributed by atoms with Crippen molar-refractivity contribution < 1.29 is 34.1 Å². The van der Waals surface area contributed by atoms with Crippen molar-refractivity contribution in [3.05, 3.63) is 82.9 Å². The Bertz CT molecular complexity index is 1430. The van der Waals surface area contributed by atoms with Crippen LogP contribution in [0.1, 0.15) is 59.8 Å². The molecule has 10 nitrogen and oxygen atoms in total. The van der Waals surface area contributed by atoms with Gasteiger partial charge in [-0.2, -0.15) is 0 Å². The van der Waals surface area contributed by atoms with E-state index in [4.69, 9.17) is 4.74 Å². The minimum Gasteiger partial charge on any atom is -0.497 e. The molecule has 0 bridgehead atoms. The first-order valence-corrected chi connectivity index (χ1v) is 13.1. The lowest BCUT2D eigenvalue weighted by Crippen LogP contribution is -2.45. The van der Waals surface area contributed by atoms with Crippen molar-refractivity contribution in [2.75, 3.05) is 7.11 Å². The average Bonchev–Trinajstić information content (AvgIpc) is 3.20. The van der Waals surface area contributed by atoms with E-state index >= 15 is 0 Å². The first kappa shape index (κ1) is 30.7. The summed E-state index contributed by atoms with van der Waals surface area (Å²) in [5, 5.41) is 25.4. The van der Waals surface area contributed by atoms with Gasteiger partial charge in [-0.1, -0.05) is 62.4 Å². The second-order valence-electron chi connectivity index (χ2n) is 9.96. The highest BCUT2D eigenvalue weighted by Crippen LogP contribution is 2.30. The Morgan fingerprint density at radius 2 is 1.66 bits per heavy atom. The van der Waals surface area contributed by atoms with Gasteiger partial charge in [0.1, 0.15) is 5.75 Å². The Hall–Kier alpha value is -4.86. The number of amides is 2. The van der Waals surface area contributed by atoms with Gasteiger partial charge in [0.2, 0.25) is 17.7 Å². The third kappa shape index (κ3) is 8.31. The fraction of sp³-hybridized carbons (Fsp3) is 0.290. The fourth-order valence-electron chi connectivity index (χ4n) is 4.31. The maximum absolute atomic E-state index is 13.2. The molecule has 0 aliphatic heterocycles. The largest absolute Gasteiger partial charge is 0.497 e. The van der Waals surface area contributed by atoms with E-state index in [1.807, 2.05) is 0 Å². The first-order chi connectivity index (χ1) is 19.5. The number of Topliss-reactive ketones (excluding diaryl/α,β-unsaturated/α-hetero) is 1. The molecule has 0 unspecified atom stereocenters. The standard InChI is InChI=1S/C31H35N3O7/c1-18(2)28(29(38)27-19(3)30(39)34-31(27)40)33-26(37)17-24(21-10-6-5-7-11-21)32-25(36)16-22(35)14-13-20-9-8-12-23(15-20)41-4/h5-15,18,24,28,34,39-40H,16-17H2,1-4H3,(H,32,36)(H,33,37)/t24-,28-/m0/s1. The van der Waals surface area contributed by atoms with E-state index in [0.29, 0.717) is 11.3 Å². The molecular formula is C31H35N3O7. The number of hydrogen-bond donors (Lipinski definition) is 5. The molecule has 1 heterocycles. The second kappa shape index (κ2) is 14.0. The van der Waals surface area contributed by atoms with E-state index in [2.05, 4.69) is 15.6 Å². The molecule has 2 amide bonds. The topological polar surface area (TPSA) is 158 Å². The zero-order valence-corrected chi connectivity index (χ0v) is 23.4. The van der Waals surface area contributed by atoms with Crippen LogP contribution in [0.2, 0.25) is 0 Å². The van der Waals surface area contributed by atoms with Gasteiger partial charge in [-0.05, 0) is 42.2 Å². The summed E-state index contributed by atoms with van der Waals surface area (Å²) in [5.74, 6) is -2.59. The lowest BCUT2D eigenvalue weighted by Gasteiger charge is -2.24. The summed E-state index contributed by atoms with van der Waals surface area (Å²) < 4.78 is 5.17. The summed E-state index contributed by atoms with van der Waals surface area (Å²) in [7, 11) is 1.54. The highest BCUT2D eigenvalue weighted by atomic mass is 16.5. The normalized spacial score (nSPS) is 12.6. The number of H-pyrrole nitrogens is 1. The van der Waals surface area contributed by atoms with Crippen LogP contribution in [-0.2, 0) is 14.4 Å². The number of allylic oxidation sites excluding steroid dienone is 1. The highest BCUT2D eigenvalue weighted by molar-refractivity contribution is 6.06. The Morgan fingerprint density at radius 3 is 2.27 bits per heavy atom. The van der Waals surface area contributed by atoms with Crippen LogP contribution in [0.4, 0.5) is 0 Å². The Balaban J connectivity index is 1.70. The summed E-state index contributed by atoms with van der Waals surface area (Å²) in [6.45, 7) is 4.96. The zero-order valence-electron chi connectivity index (χ0n) is 23.4. The number of carbonyl (C=O) groups is 4. The minimum absolute atomic E-state index is 0.102. The highest BCUT2D eigenvalue weighted by Gasteiger charge is 2.31. The van der Waals surface area contributed by atoms with Crippen LogP contribution >= 0.6 is 0 Å². The summed E-state index contributed by atoms with van der Waals surface area (Å²) in [5.41, 5.74) is 1.46. The Morgan fingerprint density at radius 1 is 0.951 bits per heavy atom. The number of hydrogen-bond acceptors (Lipinski definition) is 7. The number of aromatic amines is 1. The van der Waals surface area contributed by atoms with E-state index < -0.39 is 47.8 Å². The molecule has 0 fully saturated rings. The van der Waals surface area contributed by atoms with Gasteiger partial charge in [-0.3, -0.25) is 24.2 Å². The number of methoxy groups -OCH3 is 1. The van der Waals surface area contributed by atoms with Gasteiger partial charge in [-0.15, -0.1) is 0 Å². The van der Waals surface area contributed by atoms with Crippen molar-refractivity contribution in [3.63, 3.8) is 0 Å². The molecule has 2 aromatic carbocycles. The van der Waals surface area contributed by atoms with Crippen LogP contribution in [0, 0.1) is 12.8 Å². The van der Waals surface area contributed by atoms with E-state index in [9.17, 15) is 29.4 Å². The molecule has 0 saturated carbocycles. The van der Waals surface area contributed by atoms with Gasteiger partial charge < -0.3 is 25.6 Å². The Labute approximate surface area is 238 Å². The van der Waals surface area contributed by atoms with Crippen molar-refractivity contribution in [2.45, 2.75) is 45.7 Å². The number of ketones is 2. The molecule has 3 rings (SSSR count). The number of carbonyl (C=O) groups excluding carboxylic acids is 4. The lowest BCUT2D eigenvalue weighted by atomic mass is 9.93. The van der Waals surface area contributed by atoms with Gasteiger partial charge in [-0.25, -0.2) is 0 Å². The third-order valence-electron chi connectivity index (χ3n) is 6.53. The maximum atomic E-state index is 13.2. The Kier molecular flexibility index (Phi) is 10.5. The van der Waals surface area contributed by atoms with Crippen molar-refractivity contribution in [2.24, 2.45) is 5.92 Å². The van der Waals surface area contributed by atoms with Gasteiger partial charge >= 0.3 is 0 Å². The summed E-state index contributed by atoms with van der Waals surface area (Å²) in [4.78, 5) is 53.9. The fourth-order valence-corrected chi connectivity index (χ4v) is 4.31. The van der Waals surface area contributed by atoms with Crippen LogP contribution in [-0.4, -0.2) is 51.7 Å². The van der Waals surface area contributed by atoms with Crippen molar-refractivity contribution >= 4 is 29.5 Å². The van der Waals surface area contributed by atoms with E-state index in [0.717, 1.165) is 5.56 Å². The molecule has 2 atom stereocenters. The van der Waals surface area contributed by atoms with Crippen LogP contribution in [0.15, 0.2) is 60.7 Å². The SMILES string of the molecule is COc1cccc(C=CC(=O)CC(=O)N[C@@H](CC(=O)N[C@H](C(=O)c2c(O)[nH]c(O)c2C)C(C)C)c2ccccc2)c1. The molecule has 0 aliphatic rings. The molecular weight excluding hydrogens is 526 g/mol. The van der Waals surface area contributed by atoms with Gasteiger partial charge in [0.15, 0.2) is 17.4 Å². The predicted octanol–water partition coefficient (Wildman–Crippen LogP) is 3.99. The van der Waals surface area contributed by atoms with E-state index in [1.165, 1.54) is 13.0 Å². The third-order valence-corrected chi connectivity index (χ3v) is 6.53. The molecule has 5 N–H and O–H groups in total. The molecule has 10 heteroatoms. The maximum Gasteiger partial charge on any atom is 0.228 e. The lowest BCUT2D eigenvalue weighted by molar-refractivity contribution is -0.127. The molecule has 0 radical (unpaired) electrons. The number of ether oxygens (including phenoxy) is 1. The van der Waals surface area contributed by atoms with Crippen molar-refractivity contribution in [1.82, 2.24) is 15.6 Å². The number of aromatic hydroxyl groups is 2. The number of nitrogens with one attached hydrogen (secondary N) is 3. The zero-order chi connectivity index (χ0) is 30.1. The van der Waals surface area contributed by atoms with Crippen LogP contribution in [0.3, 0.4) is 0 Å². The van der Waals surface area contributed by atoms with Crippen LogP contribution < -0.4 is 15.4 Å². The monoisotopic (exact) mass is 561 g/mol. The molecule has 0 saturated heterocycles. The molecule has 41 heavy (non-hydrogen) atoms. The summed E-state index contributed by atoms with van der Waals surface area (Å²) >= 11 is 0. The number of benzene rings is 2. The van der Waals surface area contributed by atoms with Crippen molar-refractivity contribution in [1.29, 1.82) is 0 Å². The summed E-state index contributed by atoms with van der Waals surface area (Å²) in [6, 6.07) is 14.2. The van der Waals surface area contributed by atoms with Gasteiger partial charge in [0.05, 0.1) is 37.6 Å². The average molecular weight is 562 g/mol. The van der Waals surface area contributed by atoms with Gasteiger partial charge in [0, 0.05) is 5.56 Å². The molecule has 0 aliphatic carbocycles. The number of aromatic nitrogens is 1. The van der Waals surface area contributed by atoms with Crippen LogP contribution in [0.25, 0.3) is 6.08 Å². The second-order valence-corrected chi connectivity index (χ2v) is 9.96. The van der Waals surface area contributed by atoms with Crippen molar-refractivity contribution in [3.8, 4) is 17.5 Å². The molecule has 216 valence electrons. The predicted molar refractivity (Wildman–Crippen MR) is 154 cm³/mol. The smallest absolute Gasteiger partial charge is 0.228 e. The molecule has 0 spiro atoms. The van der Waals surface area contributed by atoms with Crippen LogP contribution in [0.5, 0.6) is 17.5 Å². The first-order valence-electron chi connectivity index (χ1n) is 13.1. The summed E-state index contributed by atoms with van der Waals surface area (Å²) in [6.07, 6.45) is 2.28.